The van der Waals surface area contributed by atoms with E-state index in [-0.39, 0.29) is 22.9 Å². The smallest absolute Gasteiger partial charge is 0.269 e. The molecule has 2 amide bonds. The molecule has 1 fully saturated rings. The number of benzene rings is 3. The van der Waals surface area contributed by atoms with Crippen LogP contribution in [0.25, 0.3) is 0 Å². The highest BCUT2D eigenvalue weighted by atomic mass is 35.5. The summed E-state index contributed by atoms with van der Waals surface area (Å²) in [6.07, 6.45) is 0.273. The molecule has 1 atom stereocenters. The van der Waals surface area contributed by atoms with E-state index in [1.54, 1.807) is 66.7 Å². The van der Waals surface area contributed by atoms with Gasteiger partial charge >= 0.3 is 0 Å². The molecule has 0 radical (unpaired) electrons. The number of hydrogen-bond donors (Lipinski definition) is 1. The summed E-state index contributed by atoms with van der Waals surface area (Å²) >= 11 is 19.6. The van der Waals surface area contributed by atoms with E-state index in [0.29, 0.717) is 32.0 Å². The van der Waals surface area contributed by atoms with Crippen LogP contribution >= 0.6 is 46.6 Å². The van der Waals surface area contributed by atoms with Crippen LogP contribution in [0.15, 0.2) is 83.4 Å². The highest BCUT2D eigenvalue weighted by molar-refractivity contribution is 8.05. The maximum atomic E-state index is 13.5. The Hall–Kier alpha value is -2.95. The molecule has 1 saturated heterocycles. The summed E-state index contributed by atoms with van der Waals surface area (Å²) in [4.78, 5) is 27.9. The quantitative estimate of drug-likeness (QED) is 0.295. The molecular weight excluding hydrogens is 513 g/mol. The van der Waals surface area contributed by atoms with Crippen molar-refractivity contribution in [3.63, 3.8) is 0 Å². The van der Waals surface area contributed by atoms with E-state index >= 15 is 0 Å². The number of nitriles is 1. The van der Waals surface area contributed by atoms with Gasteiger partial charge in [0.1, 0.15) is 16.7 Å². The van der Waals surface area contributed by atoms with Crippen molar-refractivity contribution in [1.82, 2.24) is 0 Å². The number of nitrogens with one attached hydrogen (secondary N) is 1. The second-order valence-electron chi connectivity index (χ2n) is 7.31. The van der Waals surface area contributed by atoms with E-state index in [9.17, 15) is 14.9 Å². The molecule has 170 valence electrons. The van der Waals surface area contributed by atoms with Crippen molar-refractivity contribution in [1.29, 1.82) is 5.26 Å². The van der Waals surface area contributed by atoms with Crippen LogP contribution in [0.2, 0.25) is 15.1 Å². The van der Waals surface area contributed by atoms with Crippen molar-refractivity contribution in [3.8, 4) is 6.07 Å². The molecule has 4 rings (SSSR count). The van der Waals surface area contributed by atoms with Gasteiger partial charge in [-0.15, -0.1) is 0 Å². The summed E-state index contributed by atoms with van der Waals surface area (Å²) < 4.78 is 0. The Morgan fingerprint density at radius 2 is 1.68 bits per heavy atom. The van der Waals surface area contributed by atoms with Gasteiger partial charge in [-0.2, -0.15) is 5.26 Å². The maximum absolute atomic E-state index is 13.5. The Kier molecular flexibility index (Phi) is 7.50. The first-order valence-electron chi connectivity index (χ1n) is 10.1. The fraction of sp³-hybridized carbons (Fsp3) is 0.0800. The van der Waals surface area contributed by atoms with Gasteiger partial charge in [0.15, 0.2) is 0 Å². The van der Waals surface area contributed by atoms with E-state index in [1.807, 2.05) is 12.1 Å². The third kappa shape index (κ3) is 5.24. The first-order valence-corrected chi connectivity index (χ1v) is 12.1. The van der Waals surface area contributed by atoms with Gasteiger partial charge in [0.2, 0.25) is 5.91 Å². The number of anilines is 2. The second-order valence-corrected chi connectivity index (χ2v) is 9.78. The molecule has 1 aliphatic heterocycles. The number of rotatable bonds is 5. The summed E-state index contributed by atoms with van der Waals surface area (Å²) in [6.45, 7) is 0. The van der Waals surface area contributed by atoms with Crippen LogP contribution in [0.5, 0.6) is 0 Å². The van der Waals surface area contributed by atoms with E-state index in [1.165, 1.54) is 4.90 Å². The Labute approximate surface area is 215 Å². The van der Waals surface area contributed by atoms with Crippen LogP contribution < -0.4 is 10.2 Å². The molecule has 0 bridgehead atoms. The molecule has 0 saturated carbocycles. The Bertz CT molecular complexity index is 1320. The van der Waals surface area contributed by atoms with Gasteiger partial charge in [0.25, 0.3) is 5.91 Å². The number of thioether (sulfide) groups is 1. The van der Waals surface area contributed by atoms with Gasteiger partial charge in [-0.05, 0) is 66.6 Å². The zero-order valence-electron chi connectivity index (χ0n) is 17.5. The lowest BCUT2D eigenvalue weighted by molar-refractivity contribution is -0.117. The highest BCUT2D eigenvalue weighted by Gasteiger charge is 2.41. The molecule has 3 aromatic rings. The molecule has 9 heteroatoms. The highest BCUT2D eigenvalue weighted by Crippen LogP contribution is 2.43. The zero-order chi connectivity index (χ0) is 24.2. The van der Waals surface area contributed by atoms with Crippen molar-refractivity contribution in [2.24, 2.45) is 0 Å². The average molecular weight is 529 g/mol. The third-order valence-corrected chi connectivity index (χ3v) is 7.15. The lowest BCUT2D eigenvalue weighted by Crippen LogP contribution is -2.31. The number of nitrogens with zero attached hydrogens (tertiary/aromatic N) is 2. The lowest BCUT2D eigenvalue weighted by atomic mass is 10.1. The van der Waals surface area contributed by atoms with Crippen LogP contribution in [0.4, 0.5) is 11.4 Å². The summed E-state index contributed by atoms with van der Waals surface area (Å²) in [6, 6.07) is 22.4. The molecule has 34 heavy (non-hydrogen) atoms. The van der Waals surface area contributed by atoms with Gasteiger partial charge < -0.3 is 5.32 Å². The number of carbonyl (C=O) groups is 2. The predicted octanol–water partition coefficient (Wildman–Crippen LogP) is 6.71. The largest absolute Gasteiger partial charge is 0.321 e. The SMILES string of the molecule is N#C/C(C(=O)Nc1ccccc1)=C1/SC(Cc2cc(Cl)ccc2Cl)C(=O)N1c1ccc(Cl)cc1. The molecule has 1 heterocycles. The van der Waals surface area contributed by atoms with Crippen LogP contribution in [0, 0.1) is 11.3 Å². The normalized spacial score (nSPS) is 16.8. The lowest BCUT2D eigenvalue weighted by Gasteiger charge is -2.19. The van der Waals surface area contributed by atoms with E-state index in [2.05, 4.69) is 5.32 Å². The standard InChI is InChI=1S/C25H16Cl3N3O2S/c26-16-6-9-19(10-7-16)31-24(33)22(13-15-12-17(27)8-11-21(15)28)34-25(31)20(14-29)23(32)30-18-4-2-1-3-5-18/h1-12,22H,13H2,(H,30,32)/b25-20-. The average Bonchev–Trinajstić information content (AvgIpc) is 3.13. The molecule has 0 aromatic heterocycles. The number of halogens is 3. The first kappa shape index (κ1) is 24.2. The van der Waals surface area contributed by atoms with Crippen molar-refractivity contribution >= 4 is 69.8 Å². The summed E-state index contributed by atoms with van der Waals surface area (Å²) in [5.41, 5.74) is 1.56. The predicted molar refractivity (Wildman–Crippen MR) is 138 cm³/mol. The minimum atomic E-state index is -0.616. The second kappa shape index (κ2) is 10.5. The Balaban J connectivity index is 1.74. The van der Waals surface area contributed by atoms with E-state index in [4.69, 9.17) is 34.8 Å². The van der Waals surface area contributed by atoms with Crippen LogP contribution in [0.3, 0.4) is 0 Å². The molecular formula is C25H16Cl3N3O2S. The molecule has 1 unspecified atom stereocenters. The van der Waals surface area contributed by atoms with Gasteiger partial charge in [0, 0.05) is 26.4 Å². The van der Waals surface area contributed by atoms with Gasteiger partial charge in [0.05, 0.1) is 5.25 Å². The van der Waals surface area contributed by atoms with E-state index < -0.39 is 11.2 Å². The van der Waals surface area contributed by atoms with Crippen LogP contribution in [-0.2, 0) is 16.0 Å². The fourth-order valence-corrected chi connectivity index (χ4v) is 5.24. The fourth-order valence-electron chi connectivity index (χ4n) is 3.43. The zero-order valence-corrected chi connectivity index (χ0v) is 20.6. The molecule has 1 aliphatic rings. The summed E-state index contributed by atoms with van der Waals surface area (Å²) in [5, 5.41) is 13.7. The molecule has 0 spiro atoms. The maximum Gasteiger partial charge on any atom is 0.269 e. The van der Waals surface area contributed by atoms with Crippen molar-refractivity contribution in [3.05, 3.63) is 104 Å². The topological polar surface area (TPSA) is 73.2 Å². The summed E-state index contributed by atoms with van der Waals surface area (Å²) in [7, 11) is 0. The Morgan fingerprint density at radius 3 is 2.35 bits per heavy atom. The van der Waals surface area contributed by atoms with Crippen molar-refractivity contribution < 1.29 is 9.59 Å². The van der Waals surface area contributed by atoms with Crippen LogP contribution in [-0.4, -0.2) is 17.1 Å². The molecule has 3 aromatic carbocycles. The van der Waals surface area contributed by atoms with Gasteiger partial charge in [-0.1, -0.05) is 64.8 Å². The number of amides is 2. The third-order valence-electron chi connectivity index (χ3n) is 5.04. The van der Waals surface area contributed by atoms with Crippen molar-refractivity contribution in [2.75, 3.05) is 10.2 Å². The number of hydrogen-bond acceptors (Lipinski definition) is 4. The van der Waals surface area contributed by atoms with Crippen LogP contribution in [0.1, 0.15) is 5.56 Å². The van der Waals surface area contributed by atoms with Gasteiger partial charge in [-0.3, -0.25) is 14.5 Å². The molecule has 1 N–H and O–H groups in total. The first-order chi connectivity index (χ1) is 16.4. The van der Waals surface area contributed by atoms with Crippen molar-refractivity contribution in [2.45, 2.75) is 11.7 Å². The Morgan fingerprint density at radius 1 is 1.00 bits per heavy atom. The number of carbonyl (C=O) groups excluding carboxylic acids is 2. The molecule has 5 nitrogen and oxygen atoms in total. The molecule has 0 aliphatic carbocycles. The minimum absolute atomic E-state index is 0.170. The van der Waals surface area contributed by atoms with Gasteiger partial charge in [-0.25, -0.2) is 0 Å². The van der Waals surface area contributed by atoms with E-state index in [0.717, 1.165) is 11.8 Å². The monoisotopic (exact) mass is 527 g/mol. The summed E-state index contributed by atoms with van der Waals surface area (Å²) in [5.74, 6) is -0.886. The minimum Gasteiger partial charge on any atom is -0.321 e. The number of para-hydroxylation sites is 1.